The van der Waals surface area contributed by atoms with Crippen LogP contribution in [0, 0.1) is 0 Å². The van der Waals surface area contributed by atoms with E-state index in [1.165, 1.54) is 11.6 Å². The minimum absolute atomic E-state index is 0.00414. The summed E-state index contributed by atoms with van der Waals surface area (Å²) in [7, 11) is 0. The summed E-state index contributed by atoms with van der Waals surface area (Å²) < 4.78 is 39.7. The van der Waals surface area contributed by atoms with Crippen LogP contribution in [0.25, 0.3) is 16.8 Å². The molecule has 0 bridgehead atoms. The van der Waals surface area contributed by atoms with Crippen molar-refractivity contribution in [1.29, 1.82) is 0 Å². The number of fused-ring (bicyclic) bond motifs is 5. The molecular weight excluding hydrogens is 535 g/mol. The summed E-state index contributed by atoms with van der Waals surface area (Å²) in [4.78, 5) is 28.4. The van der Waals surface area contributed by atoms with Crippen molar-refractivity contribution in [3.8, 4) is 0 Å². The molecule has 7 rings (SSSR count). The monoisotopic (exact) mass is 559 g/mol. The van der Waals surface area contributed by atoms with Crippen LogP contribution in [-0.4, -0.2) is 11.6 Å². The van der Waals surface area contributed by atoms with E-state index in [4.69, 9.17) is 0 Å². The van der Waals surface area contributed by atoms with Gasteiger partial charge in [0.05, 0.1) is 22.5 Å². The molecule has 2 aliphatic rings. The van der Waals surface area contributed by atoms with Crippen molar-refractivity contribution in [2.24, 2.45) is 0 Å². The number of nitrogens with zero attached hydrogens (tertiary/aromatic N) is 1. The van der Waals surface area contributed by atoms with Gasteiger partial charge in [-0.2, -0.15) is 13.2 Å². The molecule has 0 saturated carbocycles. The third-order valence-electron chi connectivity index (χ3n) is 8.36. The van der Waals surface area contributed by atoms with Crippen molar-refractivity contribution in [1.82, 2.24) is 0 Å². The van der Waals surface area contributed by atoms with Crippen molar-refractivity contribution >= 4 is 45.5 Å². The Kier molecular flexibility index (Phi) is 5.57. The molecule has 0 atom stereocenters. The molecule has 206 valence electrons. The molecule has 5 aromatic carbocycles. The second-order valence-electron chi connectivity index (χ2n) is 11.2. The number of allylic oxidation sites excluding steroid dienone is 1. The van der Waals surface area contributed by atoms with Gasteiger partial charge >= 0.3 is 6.18 Å². The molecule has 0 unspecified atom stereocenters. The maximum absolute atomic E-state index is 13.2. The van der Waals surface area contributed by atoms with Crippen LogP contribution in [0.2, 0.25) is 0 Å². The number of alkyl halides is 3. The lowest BCUT2D eigenvalue weighted by Crippen LogP contribution is -2.30. The van der Waals surface area contributed by atoms with Gasteiger partial charge in [0.15, 0.2) is 11.6 Å². The number of Topliss-reactive ketones (excluding diaryl/α,β-unsaturated/α-hetero) is 2. The minimum Gasteiger partial charge on any atom is -0.310 e. The maximum atomic E-state index is 13.2. The summed E-state index contributed by atoms with van der Waals surface area (Å²) >= 11 is 0. The van der Waals surface area contributed by atoms with Crippen molar-refractivity contribution in [2.75, 3.05) is 4.90 Å². The summed E-state index contributed by atoms with van der Waals surface area (Å²) in [5.41, 5.74) is 4.58. The van der Waals surface area contributed by atoms with Gasteiger partial charge in [-0.15, -0.1) is 0 Å². The predicted molar refractivity (Wildman–Crippen MR) is 159 cm³/mol. The topological polar surface area (TPSA) is 37.4 Å². The zero-order chi connectivity index (χ0) is 29.4. The van der Waals surface area contributed by atoms with Crippen molar-refractivity contribution in [3.63, 3.8) is 0 Å². The smallest absolute Gasteiger partial charge is 0.310 e. The molecule has 1 aliphatic carbocycles. The zero-order valence-corrected chi connectivity index (χ0v) is 22.8. The number of carbonyl (C=O) groups excluding carboxylic acids is 2. The van der Waals surface area contributed by atoms with Gasteiger partial charge < -0.3 is 4.90 Å². The molecule has 0 spiro atoms. The molecule has 0 saturated heterocycles. The standard InChI is InChI=1S/C36H24F3NO2/c1-35(2)29-10-6-7-11-30(29)40(24-8-4-3-5-9-24)31-17-13-22-18-21(12-15-25(22)32(31)35)19-28-33(41)26-16-14-23(36(37,38)39)20-27(26)34(28)42/h3-20H,1-2H3/b28-19-. The van der Waals surface area contributed by atoms with E-state index >= 15 is 0 Å². The van der Waals surface area contributed by atoms with Crippen LogP contribution in [0.5, 0.6) is 0 Å². The van der Waals surface area contributed by atoms with Crippen LogP contribution < -0.4 is 4.90 Å². The Bertz CT molecular complexity index is 1990. The highest BCUT2D eigenvalue weighted by Gasteiger charge is 2.39. The van der Waals surface area contributed by atoms with E-state index in [1.807, 2.05) is 48.5 Å². The number of ketones is 2. The maximum Gasteiger partial charge on any atom is 0.416 e. The summed E-state index contributed by atoms with van der Waals surface area (Å²) in [6.07, 6.45) is -3.12. The molecule has 0 N–H and O–H groups in total. The number of benzene rings is 5. The summed E-state index contributed by atoms with van der Waals surface area (Å²) in [5, 5.41) is 1.97. The predicted octanol–water partition coefficient (Wildman–Crippen LogP) is 9.43. The molecule has 1 aliphatic heterocycles. The molecule has 0 amide bonds. The van der Waals surface area contributed by atoms with Crippen molar-refractivity contribution in [2.45, 2.75) is 25.4 Å². The van der Waals surface area contributed by atoms with Gasteiger partial charge in [-0.25, -0.2) is 0 Å². The number of hydrogen-bond acceptors (Lipinski definition) is 3. The van der Waals surface area contributed by atoms with E-state index < -0.39 is 23.3 Å². The van der Waals surface area contributed by atoms with Crippen LogP contribution >= 0.6 is 0 Å². The molecule has 5 aromatic rings. The van der Waals surface area contributed by atoms with E-state index in [2.05, 4.69) is 55.1 Å². The highest BCUT2D eigenvalue weighted by Crippen LogP contribution is 2.53. The Morgan fingerprint density at radius 1 is 0.714 bits per heavy atom. The molecule has 0 aromatic heterocycles. The normalized spacial score (nSPS) is 16.5. The van der Waals surface area contributed by atoms with Crippen molar-refractivity contribution in [3.05, 3.63) is 142 Å². The summed E-state index contributed by atoms with van der Waals surface area (Å²) in [6, 6.07) is 31.2. The first-order valence-corrected chi connectivity index (χ1v) is 13.6. The summed E-state index contributed by atoms with van der Waals surface area (Å²) in [5.74, 6) is -1.26. The van der Waals surface area contributed by atoms with Gasteiger partial charge in [0, 0.05) is 22.2 Å². The Morgan fingerprint density at radius 2 is 1.43 bits per heavy atom. The van der Waals surface area contributed by atoms with Crippen LogP contribution in [0.4, 0.5) is 30.2 Å². The molecule has 0 radical (unpaired) electrons. The zero-order valence-electron chi connectivity index (χ0n) is 22.8. The van der Waals surface area contributed by atoms with E-state index in [-0.39, 0.29) is 22.1 Å². The molecule has 0 fully saturated rings. The molecule has 6 heteroatoms. The quantitative estimate of drug-likeness (QED) is 0.160. The number of rotatable bonds is 2. The lowest BCUT2D eigenvalue weighted by atomic mass is 9.71. The molecule has 42 heavy (non-hydrogen) atoms. The number of anilines is 3. The van der Waals surface area contributed by atoms with Crippen LogP contribution in [0.15, 0.2) is 109 Å². The third kappa shape index (κ3) is 3.82. The largest absolute Gasteiger partial charge is 0.416 e. The minimum atomic E-state index is -4.60. The van der Waals surface area contributed by atoms with Gasteiger partial charge in [-0.05, 0) is 82.1 Å². The van der Waals surface area contributed by atoms with Gasteiger partial charge in [0.1, 0.15) is 0 Å². The highest BCUT2D eigenvalue weighted by atomic mass is 19.4. The van der Waals surface area contributed by atoms with Crippen molar-refractivity contribution < 1.29 is 22.8 Å². The fourth-order valence-corrected chi connectivity index (χ4v) is 6.38. The second kappa shape index (κ2) is 9.02. The first-order chi connectivity index (χ1) is 20.1. The Balaban J connectivity index is 1.35. The third-order valence-corrected chi connectivity index (χ3v) is 8.36. The van der Waals surface area contributed by atoms with Gasteiger partial charge in [-0.3, -0.25) is 9.59 Å². The Hall–Kier alpha value is -4.97. The number of carbonyl (C=O) groups is 2. The highest BCUT2D eigenvalue weighted by molar-refractivity contribution is 6.41. The second-order valence-corrected chi connectivity index (χ2v) is 11.2. The van der Waals surface area contributed by atoms with Crippen LogP contribution in [0.1, 0.15) is 56.8 Å². The lowest BCUT2D eigenvalue weighted by molar-refractivity contribution is -0.137. The first-order valence-electron chi connectivity index (χ1n) is 13.6. The molecular formula is C36H24F3NO2. The van der Waals surface area contributed by atoms with E-state index in [1.54, 1.807) is 0 Å². The average Bonchev–Trinajstić information content (AvgIpc) is 3.21. The van der Waals surface area contributed by atoms with Gasteiger partial charge in [0.25, 0.3) is 0 Å². The number of para-hydroxylation sites is 2. The van der Waals surface area contributed by atoms with E-state index in [9.17, 15) is 22.8 Å². The SMILES string of the molecule is CC1(C)c2ccccc2N(c2ccccc2)c2ccc3cc(/C=C4/C(=O)c5ccc(C(F)(F)F)cc5C4=O)ccc3c21. The van der Waals surface area contributed by atoms with E-state index in [0.29, 0.717) is 5.56 Å². The van der Waals surface area contributed by atoms with Crippen LogP contribution in [0.3, 0.4) is 0 Å². The van der Waals surface area contributed by atoms with E-state index in [0.717, 1.165) is 51.6 Å². The van der Waals surface area contributed by atoms with Gasteiger partial charge in [-0.1, -0.05) is 68.4 Å². The molecule has 3 nitrogen and oxygen atoms in total. The molecule has 1 heterocycles. The average molecular weight is 560 g/mol. The fourth-order valence-electron chi connectivity index (χ4n) is 6.38. The van der Waals surface area contributed by atoms with Gasteiger partial charge in [0.2, 0.25) is 0 Å². The summed E-state index contributed by atoms with van der Waals surface area (Å²) in [6.45, 7) is 4.43. The number of halogens is 3. The Labute approximate surface area is 240 Å². The lowest BCUT2D eigenvalue weighted by Gasteiger charge is -2.42. The number of hydrogen-bond donors (Lipinski definition) is 0. The Morgan fingerprint density at radius 3 is 2.19 bits per heavy atom. The fraction of sp³-hybridized carbons (Fsp3) is 0.111. The van der Waals surface area contributed by atoms with Crippen LogP contribution in [-0.2, 0) is 11.6 Å². The first kappa shape index (κ1) is 26.0.